The van der Waals surface area contributed by atoms with Crippen LogP contribution in [0.1, 0.15) is 159 Å². The number of ether oxygens (including phenoxy) is 4. The monoisotopic (exact) mass is 682 g/mol. The molecule has 1 atom stereocenters. The van der Waals surface area contributed by atoms with E-state index in [0.29, 0.717) is 35.2 Å². The molecule has 0 radical (unpaired) electrons. The lowest BCUT2D eigenvalue weighted by Crippen LogP contribution is -2.21. The molecule has 3 aromatic carbocycles. The van der Waals surface area contributed by atoms with Crippen LogP contribution in [0.4, 0.5) is 0 Å². The molecule has 0 aromatic heterocycles. The van der Waals surface area contributed by atoms with Gasteiger partial charge in [0.1, 0.15) is 6.61 Å². The minimum Gasteiger partial charge on any atom is -0.458 e. The van der Waals surface area contributed by atoms with Crippen molar-refractivity contribution in [3.8, 4) is 0 Å². The third kappa shape index (κ3) is 11.5. The van der Waals surface area contributed by atoms with Crippen molar-refractivity contribution >= 4 is 11.9 Å². The van der Waals surface area contributed by atoms with Gasteiger partial charge >= 0.3 is 11.9 Å². The minimum absolute atomic E-state index is 0.0690. The van der Waals surface area contributed by atoms with Crippen molar-refractivity contribution in [1.82, 2.24) is 0 Å². The van der Waals surface area contributed by atoms with E-state index in [9.17, 15) is 9.59 Å². The van der Waals surface area contributed by atoms with Crippen LogP contribution in [-0.2, 0) is 18.9 Å². The van der Waals surface area contributed by atoms with Gasteiger partial charge in [-0.3, -0.25) is 0 Å². The first-order valence-electron chi connectivity index (χ1n) is 19.4. The Labute approximate surface area is 300 Å². The van der Waals surface area contributed by atoms with Crippen molar-refractivity contribution in [3.05, 3.63) is 107 Å². The number of carbonyl (C=O) groups is 2. The van der Waals surface area contributed by atoms with E-state index in [2.05, 4.69) is 38.1 Å². The van der Waals surface area contributed by atoms with E-state index in [0.717, 1.165) is 83.0 Å². The van der Waals surface area contributed by atoms with Crippen molar-refractivity contribution in [1.29, 1.82) is 0 Å². The van der Waals surface area contributed by atoms with Crippen LogP contribution in [0.5, 0.6) is 0 Å². The Morgan fingerprint density at radius 1 is 0.580 bits per heavy atom. The van der Waals surface area contributed by atoms with Crippen LogP contribution in [0.3, 0.4) is 0 Å². The van der Waals surface area contributed by atoms with Crippen LogP contribution in [-0.4, -0.2) is 44.0 Å². The second-order valence-electron chi connectivity index (χ2n) is 14.3. The van der Waals surface area contributed by atoms with Gasteiger partial charge in [0, 0.05) is 13.2 Å². The summed E-state index contributed by atoms with van der Waals surface area (Å²) < 4.78 is 23.9. The standard InChI is InChI=1S/C44H58O6/c1-3-5-10-30-47-40-26-22-35(23-27-40)33-14-18-38(19-15-33)43(45)49-32-42(37-12-8-7-9-13-37)50-44(46)39-20-16-34(17-21-39)36-24-28-41(29-25-36)48-31-11-6-4-2/h7-9,12-21,35-36,40-42H,3-6,10-11,22-32H2,1-2H3/t35?,36?,40?,41?,42-/m0/s1. The number of hydrogen-bond acceptors (Lipinski definition) is 6. The third-order valence-corrected chi connectivity index (χ3v) is 10.6. The summed E-state index contributed by atoms with van der Waals surface area (Å²) in [5, 5.41) is 0. The normalized spacial score (nSPS) is 21.3. The highest BCUT2D eigenvalue weighted by Crippen LogP contribution is 2.36. The Balaban J connectivity index is 1.10. The lowest BCUT2D eigenvalue weighted by molar-refractivity contribution is -0.00134. The summed E-state index contributed by atoms with van der Waals surface area (Å²) >= 11 is 0. The third-order valence-electron chi connectivity index (χ3n) is 10.6. The van der Waals surface area contributed by atoms with Gasteiger partial charge in [-0.05, 0) is 117 Å². The van der Waals surface area contributed by atoms with Crippen molar-refractivity contribution in [2.24, 2.45) is 0 Å². The summed E-state index contributed by atoms with van der Waals surface area (Å²) in [5.41, 5.74) is 4.27. The molecule has 2 aliphatic rings. The average Bonchev–Trinajstić information content (AvgIpc) is 3.17. The van der Waals surface area contributed by atoms with Gasteiger partial charge in [0.25, 0.3) is 0 Å². The minimum atomic E-state index is -0.724. The van der Waals surface area contributed by atoms with Crippen LogP contribution in [0.25, 0.3) is 0 Å². The SMILES string of the molecule is CCCCCOC1CCC(c2ccc(C(=O)OC[C@H](OC(=O)c3ccc(C4CCC(OCCCCC)CC4)cc3)c3ccccc3)cc2)CC1. The number of rotatable bonds is 18. The maximum atomic E-state index is 13.3. The summed E-state index contributed by atoms with van der Waals surface area (Å²) in [6.45, 7) is 6.10. The van der Waals surface area contributed by atoms with Gasteiger partial charge in [-0.15, -0.1) is 0 Å². The first-order chi connectivity index (χ1) is 24.5. The van der Waals surface area contributed by atoms with Crippen LogP contribution in [0.15, 0.2) is 78.9 Å². The molecular formula is C44H58O6. The van der Waals surface area contributed by atoms with Crippen molar-refractivity contribution < 1.29 is 28.5 Å². The van der Waals surface area contributed by atoms with E-state index in [1.807, 2.05) is 54.6 Å². The molecule has 0 amide bonds. The highest BCUT2D eigenvalue weighted by molar-refractivity contribution is 5.90. The lowest BCUT2D eigenvalue weighted by atomic mass is 9.82. The number of esters is 2. The van der Waals surface area contributed by atoms with Gasteiger partial charge in [-0.2, -0.15) is 0 Å². The largest absolute Gasteiger partial charge is 0.458 e. The molecule has 50 heavy (non-hydrogen) atoms. The van der Waals surface area contributed by atoms with Gasteiger partial charge in [-0.1, -0.05) is 94.1 Å². The first kappa shape index (κ1) is 37.8. The molecular weight excluding hydrogens is 624 g/mol. The van der Waals surface area contributed by atoms with Gasteiger partial charge in [0.05, 0.1) is 23.3 Å². The van der Waals surface area contributed by atoms with Crippen LogP contribution >= 0.6 is 0 Å². The molecule has 5 rings (SSSR count). The van der Waals surface area contributed by atoms with Gasteiger partial charge in [0.15, 0.2) is 6.10 Å². The topological polar surface area (TPSA) is 71.1 Å². The molecule has 2 saturated carbocycles. The predicted molar refractivity (Wildman–Crippen MR) is 199 cm³/mol. The Morgan fingerprint density at radius 3 is 1.50 bits per heavy atom. The second-order valence-corrected chi connectivity index (χ2v) is 14.3. The van der Waals surface area contributed by atoms with Gasteiger partial charge < -0.3 is 18.9 Å². The van der Waals surface area contributed by atoms with E-state index in [1.54, 1.807) is 0 Å². The van der Waals surface area contributed by atoms with Crippen molar-refractivity contribution in [2.45, 2.75) is 134 Å². The maximum Gasteiger partial charge on any atom is 0.338 e. The Bertz CT molecular complexity index is 1400. The molecule has 0 spiro atoms. The van der Waals surface area contributed by atoms with E-state index in [4.69, 9.17) is 18.9 Å². The number of hydrogen-bond donors (Lipinski definition) is 0. The summed E-state index contributed by atoms with van der Waals surface area (Å²) in [7, 11) is 0. The Hall–Kier alpha value is -3.48. The fourth-order valence-electron chi connectivity index (χ4n) is 7.41. The predicted octanol–water partition coefficient (Wildman–Crippen LogP) is 10.9. The highest BCUT2D eigenvalue weighted by Gasteiger charge is 2.26. The molecule has 0 aliphatic heterocycles. The number of benzene rings is 3. The zero-order valence-corrected chi connectivity index (χ0v) is 30.4. The summed E-state index contributed by atoms with van der Waals surface area (Å²) in [4.78, 5) is 26.4. The van der Waals surface area contributed by atoms with Crippen molar-refractivity contribution in [2.75, 3.05) is 19.8 Å². The summed E-state index contributed by atoms with van der Waals surface area (Å²) in [6, 6.07) is 25.1. The fourth-order valence-corrected chi connectivity index (χ4v) is 7.41. The molecule has 270 valence electrons. The number of carbonyl (C=O) groups excluding carboxylic acids is 2. The molecule has 2 fully saturated rings. The molecule has 6 nitrogen and oxygen atoms in total. The summed E-state index contributed by atoms with van der Waals surface area (Å²) in [6.07, 6.45) is 15.9. The quantitative estimate of drug-likeness (QED) is 0.0982. The maximum absolute atomic E-state index is 13.3. The van der Waals surface area contributed by atoms with Gasteiger partial charge in [-0.25, -0.2) is 9.59 Å². The van der Waals surface area contributed by atoms with Crippen LogP contribution < -0.4 is 0 Å². The zero-order valence-electron chi connectivity index (χ0n) is 30.4. The summed E-state index contributed by atoms with van der Waals surface area (Å²) in [5.74, 6) is 0.108. The molecule has 0 heterocycles. The molecule has 0 saturated heterocycles. The molecule has 0 unspecified atom stereocenters. The van der Waals surface area contributed by atoms with Crippen molar-refractivity contribution in [3.63, 3.8) is 0 Å². The van der Waals surface area contributed by atoms with Crippen LogP contribution in [0.2, 0.25) is 0 Å². The van der Waals surface area contributed by atoms with E-state index < -0.39 is 18.0 Å². The zero-order chi connectivity index (χ0) is 35.0. The first-order valence-corrected chi connectivity index (χ1v) is 19.4. The highest BCUT2D eigenvalue weighted by atomic mass is 16.6. The van der Waals surface area contributed by atoms with E-state index in [1.165, 1.54) is 36.8 Å². The van der Waals surface area contributed by atoms with E-state index >= 15 is 0 Å². The Kier molecular flexibility index (Phi) is 15.4. The molecule has 0 bridgehead atoms. The number of unbranched alkanes of at least 4 members (excludes halogenated alkanes) is 4. The second kappa shape index (κ2) is 20.4. The molecule has 6 heteroatoms. The smallest absolute Gasteiger partial charge is 0.338 e. The Morgan fingerprint density at radius 2 is 1.04 bits per heavy atom. The molecule has 2 aliphatic carbocycles. The van der Waals surface area contributed by atoms with Gasteiger partial charge in [0.2, 0.25) is 0 Å². The lowest BCUT2D eigenvalue weighted by Gasteiger charge is -2.29. The van der Waals surface area contributed by atoms with E-state index in [-0.39, 0.29) is 6.61 Å². The fraction of sp³-hybridized carbons (Fsp3) is 0.545. The van der Waals surface area contributed by atoms with Crippen LogP contribution in [0, 0.1) is 0 Å². The molecule has 3 aromatic rings. The average molecular weight is 683 g/mol. The molecule has 0 N–H and O–H groups in total.